The highest BCUT2D eigenvalue weighted by Gasteiger charge is 2.15. The standard InChI is InChI=1S/C10H17ClN2/c1-7(5-6-11)10-8(2)12-13(4)9(10)3/h7H,5-6H2,1-4H3. The summed E-state index contributed by atoms with van der Waals surface area (Å²) in [5, 5.41) is 4.39. The van der Waals surface area contributed by atoms with Crippen molar-refractivity contribution in [2.45, 2.75) is 33.1 Å². The van der Waals surface area contributed by atoms with Crippen molar-refractivity contribution in [2.75, 3.05) is 5.88 Å². The Labute approximate surface area is 84.9 Å². The van der Waals surface area contributed by atoms with Gasteiger partial charge in [-0.15, -0.1) is 11.6 Å². The van der Waals surface area contributed by atoms with Gasteiger partial charge in [0.05, 0.1) is 5.69 Å². The van der Waals surface area contributed by atoms with Gasteiger partial charge in [-0.25, -0.2) is 0 Å². The van der Waals surface area contributed by atoms with E-state index < -0.39 is 0 Å². The van der Waals surface area contributed by atoms with Gasteiger partial charge >= 0.3 is 0 Å². The molecule has 0 spiro atoms. The van der Waals surface area contributed by atoms with E-state index in [4.69, 9.17) is 11.6 Å². The molecule has 0 bridgehead atoms. The second kappa shape index (κ2) is 4.14. The highest BCUT2D eigenvalue weighted by Crippen LogP contribution is 2.25. The van der Waals surface area contributed by atoms with Crippen molar-refractivity contribution in [3.63, 3.8) is 0 Å². The van der Waals surface area contributed by atoms with Crippen molar-refractivity contribution in [1.82, 2.24) is 9.78 Å². The van der Waals surface area contributed by atoms with E-state index in [1.54, 1.807) is 0 Å². The first kappa shape index (κ1) is 10.6. The van der Waals surface area contributed by atoms with Crippen molar-refractivity contribution < 1.29 is 0 Å². The van der Waals surface area contributed by atoms with Crippen molar-refractivity contribution in [2.24, 2.45) is 7.05 Å². The van der Waals surface area contributed by atoms with Crippen LogP contribution in [0.2, 0.25) is 0 Å². The molecule has 0 aliphatic rings. The number of nitrogens with zero attached hydrogens (tertiary/aromatic N) is 2. The summed E-state index contributed by atoms with van der Waals surface area (Å²) in [5.74, 6) is 1.24. The molecule has 13 heavy (non-hydrogen) atoms. The summed E-state index contributed by atoms with van der Waals surface area (Å²) in [6.45, 7) is 6.38. The number of halogens is 1. The minimum absolute atomic E-state index is 0.520. The van der Waals surface area contributed by atoms with Crippen LogP contribution in [-0.4, -0.2) is 15.7 Å². The Morgan fingerprint density at radius 1 is 1.46 bits per heavy atom. The molecule has 1 heterocycles. The van der Waals surface area contributed by atoms with Crippen LogP contribution in [0.25, 0.3) is 0 Å². The molecule has 1 unspecified atom stereocenters. The first-order valence-corrected chi connectivity index (χ1v) is 5.17. The van der Waals surface area contributed by atoms with Crippen molar-refractivity contribution in [1.29, 1.82) is 0 Å². The van der Waals surface area contributed by atoms with Crippen LogP contribution in [0.1, 0.15) is 36.2 Å². The van der Waals surface area contributed by atoms with Crippen LogP contribution in [-0.2, 0) is 7.05 Å². The van der Waals surface area contributed by atoms with E-state index in [-0.39, 0.29) is 0 Å². The summed E-state index contributed by atoms with van der Waals surface area (Å²) < 4.78 is 1.94. The lowest BCUT2D eigenvalue weighted by atomic mass is 9.97. The third kappa shape index (κ3) is 2.05. The predicted molar refractivity (Wildman–Crippen MR) is 56.4 cm³/mol. The Kier molecular flexibility index (Phi) is 3.37. The summed E-state index contributed by atoms with van der Waals surface area (Å²) in [5.41, 5.74) is 3.76. The van der Waals surface area contributed by atoms with E-state index in [1.165, 1.54) is 11.3 Å². The maximum absolute atomic E-state index is 5.73. The Balaban J connectivity index is 2.98. The molecule has 3 heteroatoms. The van der Waals surface area contributed by atoms with E-state index in [2.05, 4.69) is 25.9 Å². The van der Waals surface area contributed by atoms with Gasteiger partial charge < -0.3 is 0 Å². The van der Waals surface area contributed by atoms with Gasteiger partial charge in [0.15, 0.2) is 0 Å². The van der Waals surface area contributed by atoms with Crippen LogP contribution in [0.3, 0.4) is 0 Å². The van der Waals surface area contributed by atoms with E-state index in [1.807, 2.05) is 11.7 Å². The number of alkyl halides is 1. The smallest absolute Gasteiger partial charge is 0.0631 e. The summed E-state index contributed by atoms with van der Waals surface area (Å²) >= 11 is 5.73. The summed E-state index contributed by atoms with van der Waals surface area (Å²) in [6.07, 6.45) is 1.02. The maximum atomic E-state index is 5.73. The van der Waals surface area contributed by atoms with Gasteiger partial charge in [-0.3, -0.25) is 4.68 Å². The minimum atomic E-state index is 0.520. The molecular formula is C10H17ClN2. The zero-order valence-corrected chi connectivity index (χ0v) is 9.52. The fourth-order valence-electron chi connectivity index (χ4n) is 1.81. The zero-order chi connectivity index (χ0) is 10.0. The normalized spacial score (nSPS) is 13.3. The van der Waals surface area contributed by atoms with E-state index in [9.17, 15) is 0 Å². The average Bonchev–Trinajstić information content (AvgIpc) is 2.27. The Bertz CT molecular complexity index is 291. The predicted octanol–water partition coefficient (Wildman–Crippen LogP) is 2.77. The monoisotopic (exact) mass is 200 g/mol. The molecule has 0 radical (unpaired) electrons. The molecule has 0 aromatic carbocycles. The highest BCUT2D eigenvalue weighted by atomic mass is 35.5. The first-order valence-electron chi connectivity index (χ1n) is 4.64. The first-order chi connectivity index (χ1) is 6.07. The minimum Gasteiger partial charge on any atom is -0.272 e. The van der Waals surface area contributed by atoms with Crippen molar-refractivity contribution in [3.05, 3.63) is 17.0 Å². The fraction of sp³-hybridized carbons (Fsp3) is 0.700. The lowest BCUT2D eigenvalue weighted by Gasteiger charge is -2.09. The fourth-order valence-corrected chi connectivity index (χ4v) is 2.14. The summed E-state index contributed by atoms with van der Waals surface area (Å²) in [7, 11) is 1.99. The molecule has 0 fully saturated rings. The van der Waals surface area contributed by atoms with Crippen molar-refractivity contribution >= 4 is 11.6 Å². The van der Waals surface area contributed by atoms with Gasteiger partial charge in [0.25, 0.3) is 0 Å². The number of hydrogen-bond acceptors (Lipinski definition) is 1. The number of aromatic nitrogens is 2. The number of rotatable bonds is 3. The third-order valence-electron chi connectivity index (χ3n) is 2.60. The maximum Gasteiger partial charge on any atom is 0.0631 e. The molecule has 1 aromatic rings. The van der Waals surface area contributed by atoms with Gasteiger partial charge in [0.2, 0.25) is 0 Å². The third-order valence-corrected chi connectivity index (χ3v) is 2.82. The Morgan fingerprint density at radius 2 is 2.08 bits per heavy atom. The quantitative estimate of drug-likeness (QED) is 0.687. The van der Waals surface area contributed by atoms with Gasteiger partial charge in [-0.1, -0.05) is 6.92 Å². The van der Waals surface area contributed by atoms with Gasteiger partial charge in [0, 0.05) is 18.6 Å². The molecule has 1 aromatic heterocycles. The van der Waals surface area contributed by atoms with Crippen LogP contribution in [0.4, 0.5) is 0 Å². The van der Waals surface area contributed by atoms with Crippen LogP contribution >= 0.6 is 11.6 Å². The van der Waals surface area contributed by atoms with Crippen LogP contribution in [0.5, 0.6) is 0 Å². The lowest BCUT2D eigenvalue weighted by molar-refractivity contribution is 0.711. The molecule has 0 amide bonds. The molecule has 74 valence electrons. The molecular weight excluding hydrogens is 184 g/mol. The van der Waals surface area contributed by atoms with E-state index in [0.717, 1.165) is 18.0 Å². The van der Waals surface area contributed by atoms with Gasteiger partial charge in [-0.2, -0.15) is 5.10 Å². The average molecular weight is 201 g/mol. The Hall–Kier alpha value is -0.500. The second-order valence-electron chi connectivity index (χ2n) is 3.59. The molecule has 0 aliphatic heterocycles. The van der Waals surface area contributed by atoms with Crippen LogP contribution in [0.15, 0.2) is 0 Å². The Morgan fingerprint density at radius 3 is 2.46 bits per heavy atom. The number of hydrogen-bond donors (Lipinski definition) is 0. The molecule has 2 nitrogen and oxygen atoms in total. The topological polar surface area (TPSA) is 17.8 Å². The number of aryl methyl sites for hydroxylation is 2. The summed E-state index contributed by atoms with van der Waals surface area (Å²) in [4.78, 5) is 0. The molecule has 0 N–H and O–H groups in total. The van der Waals surface area contributed by atoms with Crippen LogP contribution in [0, 0.1) is 13.8 Å². The second-order valence-corrected chi connectivity index (χ2v) is 3.96. The zero-order valence-electron chi connectivity index (χ0n) is 8.76. The van der Waals surface area contributed by atoms with Crippen molar-refractivity contribution in [3.8, 4) is 0 Å². The van der Waals surface area contributed by atoms with Crippen LogP contribution < -0.4 is 0 Å². The van der Waals surface area contributed by atoms with Gasteiger partial charge in [0.1, 0.15) is 0 Å². The highest BCUT2D eigenvalue weighted by molar-refractivity contribution is 6.17. The molecule has 1 atom stereocenters. The van der Waals surface area contributed by atoms with E-state index >= 15 is 0 Å². The lowest BCUT2D eigenvalue weighted by Crippen LogP contribution is -1.99. The SMILES string of the molecule is Cc1nn(C)c(C)c1C(C)CCCl. The van der Waals surface area contributed by atoms with Gasteiger partial charge in [-0.05, 0) is 31.7 Å². The summed E-state index contributed by atoms with van der Waals surface area (Å²) in [6, 6.07) is 0. The largest absolute Gasteiger partial charge is 0.272 e. The molecule has 0 aliphatic carbocycles. The molecule has 1 rings (SSSR count). The molecule has 0 saturated carbocycles. The molecule has 0 saturated heterocycles. The van der Waals surface area contributed by atoms with E-state index in [0.29, 0.717) is 5.92 Å².